The van der Waals surface area contributed by atoms with Gasteiger partial charge in [-0.05, 0) is 48.4 Å². The van der Waals surface area contributed by atoms with E-state index < -0.39 is 40.9 Å². The molecule has 34 heavy (non-hydrogen) atoms. The Morgan fingerprint density at radius 1 is 1.00 bits per heavy atom. The number of para-hydroxylation sites is 1. The summed E-state index contributed by atoms with van der Waals surface area (Å²) in [5.74, 6) is -4.73. The molecule has 0 saturated heterocycles. The molecular weight excluding hydrogens is 448 g/mol. The number of aromatic nitrogens is 3. The number of ether oxygens (including phenoxy) is 1. The van der Waals surface area contributed by atoms with Crippen molar-refractivity contribution in [2.24, 2.45) is 5.92 Å². The van der Waals surface area contributed by atoms with Crippen molar-refractivity contribution in [1.29, 1.82) is 0 Å². The second-order valence-electron chi connectivity index (χ2n) is 7.54. The van der Waals surface area contributed by atoms with Gasteiger partial charge in [0.15, 0.2) is 17.4 Å². The van der Waals surface area contributed by atoms with Gasteiger partial charge in [0.2, 0.25) is 0 Å². The van der Waals surface area contributed by atoms with E-state index in [4.69, 9.17) is 4.74 Å². The molecular formula is C24H19F2N3O5. The zero-order valence-corrected chi connectivity index (χ0v) is 17.6. The third-order valence-electron chi connectivity index (χ3n) is 5.34. The summed E-state index contributed by atoms with van der Waals surface area (Å²) in [6.45, 7) is -0.0710. The SMILES string of the molecule is O=C(O)[C@@H](CCn1nnc2ccccc2c1=O)[C@H](O)c1ccc(Oc2c(F)cccc2F)cc1. The molecule has 0 aliphatic rings. The smallest absolute Gasteiger partial charge is 0.309 e. The number of aryl methyl sites for hydroxylation is 1. The number of hydrogen-bond acceptors (Lipinski definition) is 6. The first-order valence-corrected chi connectivity index (χ1v) is 10.3. The van der Waals surface area contributed by atoms with Gasteiger partial charge >= 0.3 is 5.97 Å². The minimum Gasteiger partial charge on any atom is -0.481 e. The molecule has 0 aliphatic carbocycles. The summed E-state index contributed by atoms with van der Waals surface area (Å²) in [6.07, 6.45) is -1.51. The van der Waals surface area contributed by atoms with Crippen LogP contribution >= 0.6 is 0 Å². The summed E-state index contributed by atoms with van der Waals surface area (Å²) < 4.78 is 33.8. The Labute approximate surface area is 191 Å². The summed E-state index contributed by atoms with van der Waals surface area (Å²) in [4.78, 5) is 24.4. The van der Waals surface area contributed by atoms with E-state index in [0.717, 1.165) is 16.8 Å². The van der Waals surface area contributed by atoms with Crippen molar-refractivity contribution in [3.63, 3.8) is 0 Å². The monoisotopic (exact) mass is 467 g/mol. The van der Waals surface area contributed by atoms with Crippen LogP contribution in [0.2, 0.25) is 0 Å². The van der Waals surface area contributed by atoms with Crippen LogP contribution in [0.15, 0.2) is 71.5 Å². The van der Waals surface area contributed by atoms with Gasteiger partial charge in [0.1, 0.15) is 11.3 Å². The fourth-order valence-electron chi connectivity index (χ4n) is 3.51. The predicted octanol–water partition coefficient (Wildman–Crippen LogP) is 3.69. The van der Waals surface area contributed by atoms with E-state index in [1.54, 1.807) is 24.3 Å². The molecule has 0 unspecified atom stereocenters. The highest BCUT2D eigenvalue weighted by Gasteiger charge is 2.28. The number of halogens is 2. The molecule has 3 aromatic carbocycles. The first-order chi connectivity index (χ1) is 16.3. The highest BCUT2D eigenvalue weighted by molar-refractivity contribution is 5.76. The number of aliphatic hydroxyl groups is 1. The third kappa shape index (κ3) is 4.76. The molecule has 0 spiro atoms. The van der Waals surface area contributed by atoms with Gasteiger partial charge in [-0.1, -0.05) is 35.5 Å². The zero-order chi connectivity index (χ0) is 24.2. The maximum absolute atomic E-state index is 13.8. The Kier molecular flexibility index (Phi) is 6.60. The lowest BCUT2D eigenvalue weighted by molar-refractivity contribution is -0.146. The van der Waals surface area contributed by atoms with Gasteiger partial charge in [-0.25, -0.2) is 13.5 Å². The van der Waals surface area contributed by atoms with Crippen LogP contribution in [0.4, 0.5) is 8.78 Å². The quantitative estimate of drug-likeness (QED) is 0.406. The van der Waals surface area contributed by atoms with Gasteiger partial charge in [0.25, 0.3) is 5.56 Å². The average molecular weight is 467 g/mol. The molecule has 10 heteroatoms. The van der Waals surface area contributed by atoms with Crippen LogP contribution in [-0.4, -0.2) is 31.2 Å². The van der Waals surface area contributed by atoms with Crippen LogP contribution in [0.3, 0.4) is 0 Å². The number of benzene rings is 3. The minimum atomic E-state index is -1.42. The Hall–Kier alpha value is -4.18. The standard InChI is InChI=1S/C24H19F2N3O5/c25-18-5-3-6-19(26)22(18)34-15-10-8-14(9-11-15)21(30)17(24(32)33)12-13-29-23(31)16-4-1-2-7-20(16)27-28-29/h1-11,17,21,30H,12-13H2,(H,32,33)/t17-,21+/m0/s1. The molecule has 0 radical (unpaired) electrons. The van der Waals surface area contributed by atoms with Crippen molar-refractivity contribution in [1.82, 2.24) is 15.0 Å². The summed E-state index contributed by atoms with van der Waals surface area (Å²) in [5, 5.41) is 28.5. The second-order valence-corrected chi connectivity index (χ2v) is 7.54. The molecule has 174 valence electrons. The maximum atomic E-state index is 13.8. The Morgan fingerprint density at radius 2 is 1.68 bits per heavy atom. The van der Waals surface area contributed by atoms with E-state index >= 15 is 0 Å². The Balaban J connectivity index is 1.49. The third-order valence-corrected chi connectivity index (χ3v) is 5.34. The predicted molar refractivity (Wildman–Crippen MR) is 117 cm³/mol. The van der Waals surface area contributed by atoms with Gasteiger partial charge in [-0.2, -0.15) is 0 Å². The minimum absolute atomic E-state index is 0.0710. The number of aliphatic carboxylic acids is 1. The molecule has 1 heterocycles. The summed E-state index contributed by atoms with van der Waals surface area (Å²) in [5.41, 5.74) is 0.271. The Morgan fingerprint density at radius 3 is 2.35 bits per heavy atom. The zero-order valence-electron chi connectivity index (χ0n) is 17.6. The average Bonchev–Trinajstić information content (AvgIpc) is 2.83. The molecule has 4 aromatic rings. The number of aliphatic hydroxyl groups excluding tert-OH is 1. The molecule has 0 aliphatic heterocycles. The van der Waals surface area contributed by atoms with Crippen molar-refractivity contribution in [3.8, 4) is 11.5 Å². The number of rotatable bonds is 8. The van der Waals surface area contributed by atoms with Crippen LogP contribution in [-0.2, 0) is 11.3 Å². The molecule has 2 atom stereocenters. The number of hydrogen-bond donors (Lipinski definition) is 2. The van der Waals surface area contributed by atoms with Crippen molar-refractivity contribution >= 4 is 16.9 Å². The van der Waals surface area contributed by atoms with Gasteiger partial charge < -0.3 is 14.9 Å². The highest BCUT2D eigenvalue weighted by Crippen LogP contribution is 2.30. The summed E-state index contributed by atoms with van der Waals surface area (Å²) in [6, 6.07) is 15.5. The number of carboxylic acid groups (broad SMARTS) is 1. The van der Waals surface area contributed by atoms with E-state index in [0.29, 0.717) is 10.9 Å². The van der Waals surface area contributed by atoms with Crippen molar-refractivity contribution < 1.29 is 28.5 Å². The van der Waals surface area contributed by atoms with Crippen LogP contribution in [0.25, 0.3) is 10.9 Å². The van der Waals surface area contributed by atoms with E-state index in [1.165, 1.54) is 30.3 Å². The number of carbonyl (C=O) groups is 1. The maximum Gasteiger partial charge on any atom is 0.309 e. The molecule has 1 aromatic heterocycles. The fraction of sp³-hybridized carbons (Fsp3) is 0.167. The van der Waals surface area contributed by atoms with Gasteiger partial charge in [0, 0.05) is 6.54 Å². The normalized spacial score (nSPS) is 12.9. The lowest BCUT2D eigenvalue weighted by atomic mass is 9.93. The number of carboxylic acids is 1. The molecule has 0 fully saturated rings. The number of nitrogens with zero attached hydrogens (tertiary/aromatic N) is 3. The van der Waals surface area contributed by atoms with Crippen molar-refractivity contribution in [3.05, 3.63) is 94.3 Å². The van der Waals surface area contributed by atoms with Gasteiger partial charge in [0.05, 0.1) is 17.4 Å². The largest absolute Gasteiger partial charge is 0.481 e. The van der Waals surface area contributed by atoms with Crippen LogP contribution in [0.5, 0.6) is 11.5 Å². The topological polar surface area (TPSA) is 115 Å². The van der Waals surface area contributed by atoms with Crippen LogP contribution in [0.1, 0.15) is 18.1 Å². The molecule has 0 bridgehead atoms. The number of fused-ring (bicyclic) bond motifs is 1. The first kappa shape index (κ1) is 23.0. The molecule has 4 rings (SSSR count). The summed E-state index contributed by atoms with van der Waals surface area (Å²) in [7, 11) is 0. The van der Waals surface area contributed by atoms with Crippen LogP contribution in [0, 0.1) is 17.6 Å². The highest BCUT2D eigenvalue weighted by atomic mass is 19.1. The molecule has 8 nitrogen and oxygen atoms in total. The molecule has 2 N–H and O–H groups in total. The molecule has 0 saturated carbocycles. The molecule has 0 amide bonds. The van der Waals surface area contributed by atoms with Gasteiger partial charge in [-0.3, -0.25) is 9.59 Å². The van der Waals surface area contributed by atoms with Crippen molar-refractivity contribution in [2.75, 3.05) is 0 Å². The van der Waals surface area contributed by atoms with Crippen LogP contribution < -0.4 is 10.3 Å². The Bertz CT molecular complexity index is 1370. The van der Waals surface area contributed by atoms with E-state index in [2.05, 4.69) is 10.3 Å². The lowest BCUT2D eigenvalue weighted by Gasteiger charge is -2.20. The van der Waals surface area contributed by atoms with E-state index in [-0.39, 0.29) is 24.3 Å². The van der Waals surface area contributed by atoms with Crippen molar-refractivity contribution in [2.45, 2.75) is 19.1 Å². The second kappa shape index (κ2) is 9.75. The van der Waals surface area contributed by atoms with Gasteiger partial charge in [-0.15, -0.1) is 5.10 Å². The van der Waals surface area contributed by atoms with E-state index in [1.807, 2.05) is 0 Å². The lowest BCUT2D eigenvalue weighted by Crippen LogP contribution is -2.29. The summed E-state index contributed by atoms with van der Waals surface area (Å²) >= 11 is 0. The van der Waals surface area contributed by atoms with E-state index in [9.17, 15) is 28.6 Å². The first-order valence-electron chi connectivity index (χ1n) is 10.3. The fourth-order valence-corrected chi connectivity index (χ4v) is 3.51.